The molecule has 0 radical (unpaired) electrons. The topological polar surface area (TPSA) is 52.1 Å². The molecular formula is C14H23N3O. The minimum Gasteiger partial charge on any atom is -0.382 e. The molecule has 1 aromatic rings. The Labute approximate surface area is 108 Å². The Hall–Kier alpha value is -0.870. The number of hydrogen-bond acceptors (Lipinski definition) is 3. The molecule has 2 aliphatic rings. The maximum atomic E-state index is 10.9. The van der Waals surface area contributed by atoms with Crippen molar-refractivity contribution in [2.45, 2.75) is 63.8 Å². The summed E-state index contributed by atoms with van der Waals surface area (Å²) in [7, 11) is 0. The van der Waals surface area contributed by atoms with Crippen LogP contribution in [0.3, 0.4) is 0 Å². The fraction of sp³-hybridized carbons (Fsp3) is 0.786. The van der Waals surface area contributed by atoms with Crippen molar-refractivity contribution in [3.8, 4) is 0 Å². The largest absolute Gasteiger partial charge is 0.382 e. The Balaban J connectivity index is 1.90. The number of aromatic amines is 1. The van der Waals surface area contributed by atoms with Crippen LogP contribution in [0, 0.1) is 5.92 Å². The molecule has 100 valence electrons. The van der Waals surface area contributed by atoms with Crippen molar-refractivity contribution in [2.75, 3.05) is 0 Å². The number of H-pyrrole nitrogens is 1. The van der Waals surface area contributed by atoms with E-state index >= 15 is 0 Å². The molecule has 3 heterocycles. The van der Waals surface area contributed by atoms with Crippen molar-refractivity contribution < 1.29 is 5.11 Å². The van der Waals surface area contributed by atoms with Gasteiger partial charge < -0.3 is 10.1 Å². The average Bonchev–Trinajstić information content (AvgIpc) is 2.87. The zero-order valence-corrected chi connectivity index (χ0v) is 11.4. The Morgan fingerprint density at radius 2 is 2.28 bits per heavy atom. The van der Waals surface area contributed by atoms with Gasteiger partial charge in [0, 0.05) is 30.5 Å². The van der Waals surface area contributed by atoms with Gasteiger partial charge in [0.15, 0.2) is 0 Å². The molecule has 0 aliphatic carbocycles. The zero-order valence-electron chi connectivity index (χ0n) is 11.4. The van der Waals surface area contributed by atoms with Gasteiger partial charge in [0.05, 0.1) is 0 Å². The molecule has 2 unspecified atom stereocenters. The van der Waals surface area contributed by atoms with Gasteiger partial charge in [-0.2, -0.15) is 0 Å². The number of rotatable bonds is 2. The first-order valence-electron chi connectivity index (χ1n) is 7.01. The highest BCUT2D eigenvalue weighted by atomic mass is 16.3. The van der Waals surface area contributed by atoms with E-state index in [1.165, 1.54) is 6.42 Å². The summed E-state index contributed by atoms with van der Waals surface area (Å²) in [5, 5.41) is 10.9. The lowest BCUT2D eigenvalue weighted by atomic mass is 9.84. The summed E-state index contributed by atoms with van der Waals surface area (Å²) in [6, 6.07) is 1.54. The fourth-order valence-corrected chi connectivity index (χ4v) is 4.10. The van der Waals surface area contributed by atoms with Gasteiger partial charge in [-0.25, -0.2) is 4.98 Å². The third-order valence-corrected chi connectivity index (χ3v) is 4.76. The van der Waals surface area contributed by atoms with E-state index in [-0.39, 0.29) is 0 Å². The van der Waals surface area contributed by atoms with Crippen LogP contribution in [0.1, 0.15) is 45.9 Å². The van der Waals surface area contributed by atoms with Crippen LogP contribution in [-0.4, -0.2) is 38.1 Å². The maximum Gasteiger partial charge on any atom is 0.138 e. The fourth-order valence-electron chi connectivity index (χ4n) is 4.10. The number of nitrogens with one attached hydrogen (secondary N) is 1. The lowest BCUT2D eigenvalue weighted by Gasteiger charge is -2.45. The van der Waals surface area contributed by atoms with Crippen LogP contribution in [-0.2, 0) is 5.60 Å². The van der Waals surface area contributed by atoms with Crippen molar-refractivity contribution >= 4 is 0 Å². The van der Waals surface area contributed by atoms with Gasteiger partial charge in [-0.05, 0) is 39.0 Å². The summed E-state index contributed by atoms with van der Waals surface area (Å²) >= 11 is 0. The van der Waals surface area contributed by atoms with Crippen molar-refractivity contribution in [1.29, 1.82) is 0 Å². The minimum atomic E-state index is -0.755. The molecule has 18 heavy (non-hydrogen) atoms. The van der Waals surface area contributed by atoms with Crippen molar-refractivity contribution in [2.24, 2.45) is 5.92 Å². The summed E-state index contributed by atoms with van der Waals surface area (Å²) in [4.78, 5) is 9.97. The van der Waals surface area contributed by atoms with Gasteiger partial charge in [0.1, 0.15) is 11.4 Å². The third kappa shape index (κ3) is 1.70. The summed E-state index contributed by atoms with van der Waals surface area (Å²) in [5.74, 6) is 1.41. The maximum absolute atomic E-state index is 10.9. The number of nitrogens with zero attached hydrogens (tertiary/aromatic N) is 2. The zero-order chi connectivity index (χ0) is 12.9. The first-order valence-corrected chi connectivity index (χ1v) is 7.01. The minimum absolute atomic E-state index is 0.485. The quantitative estimate of drug-likeness (QED) is 0.841. The molecule has 2 N–H and O–H groups in total. The Morgan fingerprint density at radius 1 is 1.50 bits per heavy atom. The van der Waals surface area contributed by atoms with Crippen LogP contribution in [0.15, 0.2) is 12.4 Å². The molecule has 4 heteroatoms. The van der Waals surface area contributed by atoms with Gasteiger partial charge in [0.2, 0.25) is 0 Å². The van der Waals surface area contributed by atoms with E-state index in [0.29, 0.717) is 24.0 Å². The normalized spacial score (nSPS) is 40.6. The van der Waals surface area contributed by atoms with Gasteiger partial charge in [0.25, 0.3) is 0 Å². The van der Waals surface area contributed by atoms with E-state index in [0.717, 1.165) is 18.7 Å². The smallest absolute Gasteiger partial charge is 0.138 e. The number of hydrogen-bond donors (Lipinski definition) is 2. The lowest BCUT2D eigenvalue weighted by Crippen LogP contribution is -2.53. The van der Waals surface area contributed by atoms with E-state index in [9.17, 15) is 5.11 Å². The molecule has 2 fully saturated rings. The second-order valence-electron chi connectivity index (χ2n) is 6.35. The van der Waals surface area contributed by atoms with Crippen molar-refractivity contribution in [3.63, 3.8) is 0 Å². The molecule has 3 rings (SSSR count). The predicted octanol–water partition coefficient (Wildman–Crippen LogP) is 1.88. The van der Waals surface area contributed by atoms with Crippen LogP contribution in [0.2, 0.25) is 0 Å². The number of piperidine rings is 1. The number of fused-ring (bicyclic) bond motifs is 2. The molecule has 2 saturated heterocycles. The highest BCUT2D eigenvalue weighted by Gasteiger charge is 2.52. The first-order chi connectivity index (χ1) is 8.51. The van der Waals surface area contributed by atoms with Crippen LogP contribution in [0.5, 0.6) is 0 Å². The van der Waals surface area contributed by atoms with Crippen LogP contribution < -0.4 is 0 Å². The molecule has 1 aromatic heterocycles. The van der Waals surface area contributed by atoms with Crippen molar-refractivity contribution in [3.05, 3.63) is 18.2 Å². The molecule has 2 aliphatic heterocycles. The average molecular weight is 249 g/mol. The number of imidazole rings is 1. The summed E-state index contributed by atoms with van der Waals surface area (Å²) in [6.45, 7) is 6.83. The first kappa shape index (κ1) is 12.2. The van der Waals surface area contributed by atoms with Crippen molar-refractivity contribution in [1.82, 2.24) is 14.9 Å². The lowest BCUT2D eigenvalue weighted by molar-refractivity contribution is -0.0738. The Bertz CT molecular complexity index is 417. The van der Waals surface area contributed by atoms with Gasteiger partial charge in [-0.1, -0.05) is 6.92 Å². The third-order valence-electron chi connectivity index (χ3n) is 4.76. The molecule has 0 aromatic carbocycles. The second-order valence-corrected chi connectivity index (χ2v) is 6.35. The van der Waals surface area contributed by atoms with E-state index in [1.807, 2.05) is 0 Å². The number of aliphatic hydroxyl groups is 1. The highest BCUT2D eigenvalue weighted by Crippen LogP contribution is 2.47. The molecule has 4 nitrogen and oxygen atoms in total. The highest BCUT2D eigenvalue weighted by molar-refractivity contribution is 5.12. The van der Waals surface area contributed by atoms with Gasteiger partial charge in [-0.3, -0.25) is 4.90 Å². The number of aromatic nitrogens is 2. The molecule has 4 atom stereocenters. The summed E-state index contributed by atoms with van der Waals surface area (Å²) in [5.41, 5.74) is -0.755. The monoisotopic (exact) mass is 249 g/mol. The van der Waals surface area contributed by atoms with Crippen LogP contribution in [0.4, 0.5) is 0 Å². The van der Waals surface area contributed by atoms with Crippen LogP contribution in [0.25, 0.3) is 0 Å². The van der Waals surface area contributed by atoms with E-state index in [2.05, 4.69) is 35.6 Å². The molecule has 2 bridgehead atoms. The van der Waals surface area contributed by atoms with E-state index in [1.54, 1.807) is 12.4 Å². The summed E-state index contributed by atoms with van der Waals surface area (Å²) < 4.78 is 0. The van der Waals surface area contributed by atoms with E-state index in [4.69, 9.17) is 0 Å². The Kier molecular flexibility index (Phi) is 2.75. The van der Waals surface area contributed by atoms with Crippen LogP contribution >= 0.6 is 0 Å². The second kappa shape index (κ2) is 4.07. The molecule has 0 amide bonds. The molecular weight excluding hydrogens is 226 g/mol. The van der Waals surface area contributed by atoms with Gasteiger partial charge >= 0.3 is 0 Å². The molecule has 0 spiro atoms. The van der Waals surface area contributed by atoms with E-state index < -0.39 is 5.60 Å². The standard InChI is InChI=1S/C14H23N3O/c1-9(2)17-11-6-10(3)12(17)8-14(18,7-11)13-15-4-5-16-13/h4-5,9-12,18H,6-8H2,1-3H3,(H,15,16)/t10-,11?,12?,14-/m1/s1. The SMILES string of the molecule is CC(C)N1C2C[C@@H](C)C1C[C@@](O)(c1ncc[nH]1)C2. The predicted molar refractivity (Wildman–Crippen MR) is 70.1 cm³/mol. The summed E-state index contributed by atoms with van der Waals surface area (Å²) in [6.07, 6.45) is 6.34. The van der Waals surface area contributed by atoms with Gasteiger partial charge in [-0.15, -0.1) is 0 Å². The molecule has 0 saturated carbocycles. The Morgan fingerprint density at radius 3 is 2.83 bits per heavy atom.